The molecule has 33 heavy (non-hydrogen) atoms. The number of nitrogens with zero attached hydrogens (tertiary/aromatic N) is 3. The van der Waals surface area contributed by atoms with E-state index in [-0.39, 0.29) is 10.8 Å². The first-order chi connectivity index (χ1) is 16.0. The molecule has 2 aromatic carbocycles. The fourth-order valence-electron chi connectivity index (χ4n) is 3.04. The van der Waals surface area contributed by atoms with Crippen LogP contribution in [0.2, 0.25) is 0 Å². The number of hydrogen-bond acceptors (Lipinski definition) is 6. The Kier molecular flexibility index (Phi) is 6.56. The second kappa shape index (κ2) is 9.88. The van der Waals surface area contributed by atoms with Gasteiger partial charge in [0.15, 0.2) is 0 Å². The SMILES string of the molecule is O=C(NCc1cccnc1)Nc1cnc(NS(=O)(=O)c2ccccc2-c2ccccc2)nc1. The van der Waals surface area contributed by atoms with Crippen molar-refractivity contribution in [1.29, 1.82) is 0 Å². The van der Waals surface area contributed by atoms with Crippen LogP contribution in [0.1, 0.15) is 5.56 Å². The fraction of sp³-hybridized carbons (Fsp3) is 0.0435. The number of nitrogens with one attached hydrogen (secondary N) is 3. The molecule has 0 atom stereocenters. The number of pyridine rings is 1. The minimum absolute atomic E-state index is 0.108. The van der Waals surface area contributed by atoms with Gasteiger partial charge in [-0.3, -0.25) is 4.98 Å². The number of carbonyl (C=O) groups is 1. The molecule has 0 aliphatic rings. The number of carbonyl (C=O) groups excluding carboxylic acids is 1. The lowest BCUT2D eigenvalue weighted by Crippen LogP contribution is -2.28. The maximum absolute atomic E-state index is 13.0. The van der Waals surface area contributed by atoms with Crippen molar-refractivity contribution >= 4 is 27.7 Å². The zero-order valence-electron chi connectivity index (χ0n) is 17.3. The molecule has 0 aliphatic carbocycles. The van der Waals surface area contributed by atoms with Crippen LogP contribution in [-0.2, 0) is 16.6 Å². The molecule has 2 aromatic heterocycles. The van der Waals surface area contributed by atoms with Crippen LogP contribution in [0.15, 0.2) is 96.4 Å². The molecule has 2 amide bonds. The zero-order chi connectivity index (χ0) is 23.1. The Labute approximate surface area is 191 Å². The number of urea groups is 1. The standard InChI is InChI=1S/C23H20N6O3S/c30-23(27-14-17-7-6-12-24-13-17)28-19-15-25-22(26-16-19)29-33(31,32)21-11-5-4-10-20(21)18-8-2-1-3-9-18/h1-13,15-16H,14H2,(H,25,26,29)(H2,27,28,30). The van der Waals surface area contributed by atoms with Crippen LogP contribution >= 0.6 is 0 Å². The molecule has 0 fully saturated rings. The summed E-state index contributed by atoms with van der Waals surface area (Å²) in [5.41, 5.74) is 2.50. The van der Waals surface area contributed by atoms with E-state index in [4.69, 9.17) is 0 Å². The molecule has 4 aromatic rings. The summed E-state index contributed by atoms with van der Waals surface area (Å²) in [5.74, 6) is -0.112. The van der Waals surface area contributed by atoms with Gasteiger partial charge in [0.05, 0.1) is 23.0 Å². The quantitative estimate of drug-likeness (QED) is 0.386. The summed E-state index contributed by atoms with van der Waals surface area (Å²) in [5, 5.41) is 5.28. The first kappa shape index (κ1) is 21.9. The minimum Gasteiger partial charge on any atom is -0.334 e. The van der Waals surface area contributed by atoms with Crippen molar-refractivity contribution in [3.63, 3.8) is 0 Å². The number of hydrogen-bond donors (Lipinski definition) is 3. The second-order valence-electron chi connectivity index (χ2n) is 6.93. The maximum atomic E-state index is 13.0. The Morgan fingerprint density at radius 1 is 0.848 bits per heavy atom. The molecule has 0 saturated carbocycles. The number of sulfonamides is 1. The molecular formula is C23H20N6O3S. The number of anilines is 2. The van der Waals surface area contributed by atoms with E-state index in [2.05, 4.69) is 30.3 Å². The summed E-state index contributed by atoms with van der Waals surface area (Å²) >= 11 is 0. The summed E-state index contributed by atoms with van der Waals surface area (Å²) in [7, 11) is -3.95. The van der Waals surface area contributed by atoms with Crippen molar-refractivity contribution in [1.82, 2.24) is 20.3 Å². The molecule has 4 rings (SSSR count). The fourth-order valence-corrected chi connectivity index (χ4v) is 4.23. The molecule has 2 heterocycles. The number of aromatic nitrogens is 3. The summed E-state index contributed by atoms with van der Waals surface area (Å²) in [6.45, 7) is 0.305. The van der Waals surface area contributed by atoms with Gasteiger partial charge >= 0.3 is 6.03 Å². The van der Waals surface area contributed by atoms with Crippen molar-refractivity contribution in [2.45, 2.75) is 11.4 Å². The molecule has 3 N–H and O–H groups in total. The number of rotatable bonds is 7. The van der Waals surface area contributed by atoms with Gasteiger partial charge in [0.1, 0.15) is 0 Å². The molecule has 0 bridgehead atoms. The van der Waals surface area contributed by atoms with Crippen LogP contribution in [0.3, 0.4) is 0 Å². The third-order valence-electron chi connectivity index (χ3n) is 4.57. The highest BCUT2D eigenvalue weighted by Gasteiger charge is 2.20. The van der Waals surface area contributed by atoms with E-state index in [1.165, 1.54) is 18.5 Å². The average Bonchev–Trinajstić information content (AvgIpc) is 2.85. The van der Waals surface area contributed by atoms with E-state index >= 15 is 0 Å². The van der Waals surface area contributed by atoms with E-state index in [1.54, 1.807) is 36.7 Å². The van der Waals surface area contributed by atoms with Crippen LogP contribution in [0, 0.1) is 0 Å². The van der Waals surface area contributed by atoms with Crippen LogP contribution < -0.4 is 15.4 Å². The van der Waals surface area contributed by atoms with Gasteiger partial charge in [-0.15, -0.1) is 0 Å². The molecule has 0 unspecified atom stereocenters. The molecule has 0 saturated heterocycles. The molecular weight excluding hydrogens is 440 g/mol. The van der Waals surface area contributed by atoms with Crippen molar-refractivity contribution in [2.24, 2.45) is 0 Å². The smallest absolute Gasteiger partial charge is 0.319 e. The molecule has 10 heteroatoms. The Morgan fingerprint density at radius 3 is 2.30 bits per heavy atom. The van der Waals surface area contributed by atoms with Gasteiger partial charge in [-0.05, 0) is 23.3 Å². The summed E-state index contributed by atoms with van der Waals surface area (Å²) in [6.07, 6.45) is 5.94. The topological polar surface area (TPSA) is 126 Å². The predicted molar refractivity (Wildman–Crippen MR) is 125 cm³/mol. The molecule has 0 spiro atoms. The molecule has 9 nitrogen and oxygen atoms in total. The van der Waals surface area contributed by atoms with Crippen molar-refractivity contribution < 1.29 is 13.2 Å². The Hall–Kier alpha value is -4.31. The summed E-state index contributed by atoms with van der Waals surface area (Å²) in [6, 6.07) is 19.1. The lowest BCUT2D eigenvalue weighted by atomic mass is 10.1. The van der Waals surface area contributed by atoms with E-state index in [9.17, 15) is 13.2 Å². The van der Waals surface area contributed by atoms with Crippen molar-refractivity contribution in [3.8, 4) is 11.1 Å². The lowest BCUT2D eigenvalue weighted by Gasteiger charge is -2.12. The van der Waals surface area contributed by atoms with Gasteiger partial charge in [0.2, 0.25) is 5.95 Å². The average molecular weight is 461 g/mol. The van der Waals surface area contributed by atoms with Crippen LogP contribution in [0.25, 0.3) is 11.1 Å². The molecule has 166 valence electrons. The monoisotopic (exact) mass is 460 g/mol. The number of benzene rings is 2. The van der Waals surface area contributed by atoms with E-state index < -0.39 is 16.1 Å². The van der Waals surface area contributed by atoms with Crippen molar-refractivity contribution in [3.05, 3.63) is 97.1 Å². The molecule has 0 aliphatic heterocycles. The van der Waals surface area contributed by atoms with Crippen LogP contribution in [0.5, 0.6) is 0 Å². The first-order valence-corrected chi connectivity index (χ1v) is 11.4. The largest absolute Gasteiger partial charge is 0.334 e. The highest BCUT2D eigenvalue weighted by molar-refractivity contribution is 7.92. The molecule has 0 radical (unpaired) electrons. The highest BCUT2D eigenvalue weighted by Crippen LogP contribution is 2.28. The summed E-state index contributed by atoms with van der Waals surface area (Å²) < 4.78 is 28.4. The van der Waals surface area contributed by atoms with Crippen molar-refractivity contribution in [2.75, 3.05) is 10.0 Å². The van der Waals surface area contributed by atoms with Gasteiger partial charge in [-0.2, -0.15) is 0 Å². The van der Waals surface area contributed by atoms with Crippen LogP contribution in [0.4, 0.5) is 16.4 Å². The second-order valence-corrected chi connectivity index (χ2v) is 8.58. The predicted octanol–water partition coefficient (Wildman–Crippen LogP) is 3.66. The number of amides is 2. The summed E-state index contributed by atoms with van der Waals surface area (Å²) in [4.78, 5) is 24.2. The normalized spacial score (nSPS) is 10.9. The Morgan fingerprint density at radius 2 is 1.58 bits per heavy atom. The van der Waals surface area contributed by atoms with E-state index in [0.717, 1.165) is 11.1 Å². The van der Waals surface area contributed by atoms with Gasteiger partial charge < -0.3 is 10.6 Å². The lowest BCUT2D eigenvalue weighted by molar-refractivity contribution is 0.251. The highest BCUT2D eigenvalue weighted by atomic mass is 32.2. The van der Waals surface area contributed by atoms with Gasteiger partial charge in [0, 0.05) is 24.5 Å². The third kappa shape index (κ3) is 5.69. The zero-order valence-corrected chi connectivity index (χ0v) is 18.2. The maximum Gasteiger partial charge on any atom is 0.319 e. The van der Waals surface area contributed by atoms with E-state index in [1.807, 2.05) is 36.4 Å². The van der Waals surface area contributed by atoms with Crippen LogP contribution in [-0.4, -0.2) is 29.4 Å². The van der Waals surface area contributed by atoms with Gasteiger partial charge in [0.25, 0.3) is 10.0 Å². The first-order valence-electron chi connectivity index (χ1n) is 9.94. The van der Waals surface area contributed by atoms with Gasteiger partial charge in [-0.1, -0.05) is 54.6 Å². The van der Waals surface area contributed by atoms with E-state index in [0.29, 0.717) is 17.8 Å². The third-order valence-corrected chi connectivity index (χ3v) is 5.96. The minimum atomic E-state index is -3.95. The Balaban J connectivity index is 1.42. The van der Waals surface area contributed by atoms with Gasteiger partial charge in [-0.25, -0.2) is 27.9 Å². The Bertz CT molecular complexity index is 1330.